The lowest BCUT2D eigenvalue weighted by Crippen LogP contribution is -2.18. The van der Waals surface area contributed by atoms with Crippen molar-refractivity contribution in [2.24, 2.45) is 0 Å². The van der Waals surface area contributed by atoms with Crippen LogP contribution in [-0.4, -0.2) is 37.5 Å². The Morgan fingerprint density at radius 1 is 1.07 bits per heavy atom. The average molecular weight is 373 g/mol. The highest BCUT2D eigenvalue weighted by Gasteiger charge is 2.19. The van der Waals surface area contributed by atoms with E-state index in [9.17, 15) is 19.7 Å². The number of nitrogens with one attached hydrogen (secondary N) is 2. The summed E-state index contributed by atoms with van der Waals surface area (Å²) in [5.74, 6) is -0.489. The van der Waals surface area contributed by atoms with Gasteiger partial charge in [-0.25, -0.2) is 0 Å². The van der Waals surface area contributed by atoms with E-state index in [1.807, 2.05) is 0 Å². The van der Waals surface area contributed by atoms with Crippen molar-refractivity contribution >= 4 is 23.2 Å². The second-order valence-electron chi connectivity index (χ2n) is 5.32. The van der Waals surface area contributed by atoms with Crippen molar-refractivity contribution in [3.63, 3.8) is 0 Å². The van der Waals surface area contributed by atoms with Gasteiger partial charge in [-0.1, -0.05) is 0 Å². The first-order valence-corrected chi connectivity index (χ1v) is 8.04. The van der Waals surface area contributed by atoms with E-state index in [1.165, 1.54) is 44.5 Å². The van der Waals surface area contributed by atoms with Crippen LogP contribution in [0, 0.1) is 10.1 Å². The van der Waals surface area contributed by atoms with E-state index < -0.39 is 10.8 Å². The van der Waals surface area contributed by atoms with Crippen LogP contribution in [0.1, 0.15) is 27.6 Å². The van der Waals surface area contributed by atoms with E-state index in [-0.39, 0.29) is 35.3 Å². The van der Waals surface area contributed by atoms with E-state index in [0.29, 0.717) is 11.3 Å². The molecule has 0 heterocycles. The summed E-state index contributed by atoms with van der Waals surface area (Å²) in [4.78, 5) is 34.8. The molecule has 0 aromatic heterocycles. The number of nitro benzene ring substituents is 1. The van der Waals surface area contributed by atoms with E-state index in [0.717, 1.165) is 6.07 Å². The molecule has 2 aromatic carbocycles. The van der Waals surface area contributed by atoms with E-state index >= 15 is 0 Å². The first-order valence-electron chi connectivity index (χ1n) is 8.04. The number of anilines is 1. The van der Waals surface area contributed by atoms with Crippen molar-refractivity contribution in [3.8, 4) is 11.5 Å². The van der Waals surface area contributed by atoms with E-state index in [2.05, 4.69) is 10.6 Å². The van der Waals surface area contributed by atoms with Crippen LogP contribution >= 0.6 is 0 Å². The summed E-state index contributed by atoms with van der Waals surface area (Å²) in [6, 6.07) is 8.48. The highest BCUT2D eigenvalue weighted by molar-refractivity contribution is 6.06. The summed E-state index contributed by atoms with van der Waals surface area (Å²) < 4.78 is 10.4. The molecule has 0 radical (unpaired) electrons. The third-order valence-corrected chi connectivity index (χ3v) is 3.66. The van der Waals surface area contributed by atoms with Gasteiger partial charge in [-0.2, -0.15) is 0 Å². The Morgan fingerprint density at radius 2 is 1.74 bits per heavy atom. The number of amides is 2. The van der Waals surface area contributed by atoms with Crippen molar-refractivity contribution in [1.29, 1.82) is 0 Å². The Labute approximate surface area is 155 Å². The van der Waals surface area contributed by atoms with Gasteiger partial charge >= 0.3 is 5.69 Å². The maximum atomic E-state index is 12.5. The normalized spacial score (nSPS) is 10.0. The van der Waals surface area contributed by atoms with Gasteiger partial charge in [0.1, 0.15) is 5.75 Å². The Bertz CT molecular complexity index is 881. The number of rotatable bonds is 7. The molecule has 0 saturated carbocycles. The van der Waals surface area contributed by atoms with Crippen LogP contribution in [0.15, 0.2) is 36.4 Å². The molecular formula is C18H19N3O6. The maximum Gasteiger partial charge on any atom is 0.311 e. The van der Waals surface area contributed by atoms with E-state index in [4.69, 9.17) is 9.47 Å². The van der Waals surface area contributed by atoms with E-state index in [1.54, 1.807) is 6.92 Å². The summed E-state index contributed by atoms with van der Waals surface area (Å²) >= 11 is 0. The number of methoxy groups -OCH3 is 1. The van der Waals surface area contributed by atoms with Gasteiger partial charge in [-0.3, -0.25) is 19.7 Å². The Morgan fingerprint density at radius 3 is 2.33 bits per heavy atom. The standard InChI is InChI=1S/C18H19N3O6/c1-4-27-15-8-6-11(9-14(15)21(24)25)18(23)20-13-7-5-12(17(22)19-2)10-16(13)26-3/h5-10H,4H2,1-3H3,(H,19,22)(H,20,23). The molecule has 0 aliphatic carbocycles. The van der Waals surface area contributed by atoms with Crippen LogP contribution in [0.2, 0.25) is 0 Å². The maximum absolute atomic E-state index is 12.5. The lowest BCUT2D eigenvalue weighted by Gasteiger charge is -2.12. The number of ether oxygens (including phenoxy) is 2. The predicted molar refractivity (Wildman–Crippen MR) is 98.6 cm³/mol. The van der Waals surface area contributed by atoms with Crippen LogP contribution in [0.5, 0.6) is 11.5 Å². The number of nitrogens with zero attached hydrogens (tertiary/aromatic N) is 1. The molecule has 27 heavy (non-hydrogen) atoms. The fourth-order valence-electron chi connectivity index (χ4n) is 2.35. The van der Waals surface area contributed by atoms with Gasteiger partial charge in [0, 0.05) is 24.2 Å². The van der Waals surface area contributed by atoms with Crippen molar-refractivity contribution in [2.75, 3.05) is 26.1 Å². The lowest BCUT2D eigenvalue weighted by atomic mass is 10.1. The number of benzene rings is 2. The Kier molecular flexibility index (Phi) is 6.32. The van der Waals surface area contributed by atoms with Gasteiger partial charge in [0.2, 0.25) is 0 Å². The number of hydrogen-bond acceptors (Lipinski definition) is 6. The van der Waals surface area contributed by atoms with Gasteiger partial charge in [0.05, 0.1) is 24.3 Å². The molecule has 2 aromatic rings. The summed E-state index contributed by atoms with van der Waals surface area (Å²) in [5, 5.41) is 16.3. The highest BCUT2D eigenvalue weighted by Crippen LogP contribution is 2.30. The monoisotopic (exact) mass is 373 g/mol. The van der Waals surface area contributed by atoms with Crippen LogP contribution in [0.3, 0.4) is 0 Å². The molecule has 9 nitrogen and oxygen atoms in total. The number of hydrogen-bond donors (Lipinski definition) is 2. The molecule has 0 saturated heterocycles. The Hall–Kier alpha value is -3.62. The fraction of sp³-hybridized carbons (Fsp3) is 0.222. The zero-order valence-electron chi connectivity index (χ0n) is 15.1. The minimum Gasteiger partial charge on any atom is -0.495 e. The molecule has 0 spiro atoms. The molecule has 0 aliphatic heterocycles. The summed E-state index contributed by atoms with van der Waals surface area (Å²) in [6.07, 6.45) is 0. The molecule has 0 bridgehead atoms. The predicted octanol–water partition coefficient (Wildman–Crippen LogP) is 2.61. The quantitative estimate of drug-likeness (QED) is 0.569. The smallest absolute Gasteiger partial charge is 0.311 e. The average Bonchev–Trinajstić information content (AvgIpc) is 2.67. The van der Waals surface area contributed by atoms with Crippen LogP contribution < -0.4 is 20.1 Å². The largest absolute Gasteiger partial charge is 0.495 e. The molecule has 2 N–H and O–H groups in total. The zero-order chi connectivity index (χ0) is 20.0. The minimum absolute atomic E-state index is 0.0857. The van der Waals surface area contributed by atoms with Gasteiger partial charge in [0.15, 0.2) is 5.75 Å². The first-order chi connectivity index (χ1) is 12.9. The van der Waals surface area contributed by atoms with Crippen molar-refractivity contribution in [3.05, 3.63) is 57.6 Å². The minimum atomic E-state index is -0.611. The number of nitro groups is 1. The lowest BCUT2D eigenvalue weighted by molar-refractivity contribution is -0.385. The summed E-state index contributed by atoms with van der Waals surface area (Å²) in [5.41, 5.74) is 0.477. The molecular weight excluding hydrogens is 354 g/mol. The second kappa shape index (κ2) is 8.65. The van der Waals surface area contributed by atoms with Crippen molar-refractivity contribution in [2.45, 2.75) is 6.92 Å². The molecule has 2 rings (SSSR count). The Balaban J connectivity index is 2.30. The number of carbonyl (C=O) groups is 2. The summed E-state index contributed by atoms with van der Waals surface area (Å²) in [6.45, 7) is 1.97. The molecule has 0 unspecified atom stereocenters. The molecule has 0 aliphatic rings. The van der Waals surface area contributed by atoms with Crippen LogP contribution in [0.4, 0.5) is 11.4 Å². The van der Waals surface area contributed by atoms with Crippen LogP contribution in [0.25, 0.3) is 0 Å². The highest BCUT2D eigenvalue weighted by atomic mass is 16.6. The van der Waals surface area contributed by atoms with Crippen molar-refractivity contribution in [1.82, 2.24) is 5.32 Å². The van der Waals surface area contributed by atoms with Gasteiger partial charge in [0.25, 0.3) is 11.8 Å². The molecule has 0 fully saturated rings. The summed E-state index contributed by atoms with van der Waals surface area (Å²) in [7, 11) is 2.91. The third kappa shape index (κ3) is 4.51. The molecule has 2 amide bonds. The van der Waals surface area contributed by atoms with Gasteiger partial charge < -0.3 is 20.1 Å². The van der Waals surface area contributed by atoms with Crippen LogP contribution in [-0.2, 0) is 0 Å². The number of carbonyl (C=O) groups excluding carboxylic acids is 2. The molecule has 0 atom stereocenters. The van der Waals surface area contributed by atoms with Gasteiger partial charge in [-0.15, -0.1) is 0 Å². The van der Waals surface area contributed by atoms with Gasteiger partial charge in [-0.05, 0) is 37.3 Å². The topological polar surface area (TPSA) is 120 Å². The first kappa shape index (κ1) is 19.7. The SMILES string of the molecule is CCOc1ccc(C(=O)Nc2ccc(C(=O)NC)cc2OC)cc1[N+](=O)[O-]. The fourth-order valence-corrected chi connectivity index (χ4v) is 2.35. The third-order valence-electron chi connectivity index (χ3n) is 3.66. The van der Waals surface area contributed by atoms with Crippen molar-refractivity contribution < 1.29 is 24.0 Å². The molecule has 142 valence electrons. The molecule has 9 heteroatoms. The second-order valence-corrected chi connectivity index (χ2v) is 5.32. The zero-order valence-corrected chi connectivity index (χ0v) is 15.1.